The third-order valence-corrected chi connectivity index (χ3v) is 5.34. The van der Waals surface area contributed by atoms with Gasteiger partial charge in [-0.25, -0.2) is 4.99 Å². The highest BCUT2D eigenvalue weighted by atomic mass is 79.9. The van der Waals surface area contributed by atoms with Crippen molar-refractivity contribution < 1.29 is 0 Å². The lowest BCUT2D eigenvalue weighted by molar-refractivity contribution is 0.428. The summed E-state index contributed by atoms with van der Waals surface area (Å²) in [6, 6.07) is 19.8. The van der Waals surface area contributed by atoms with Gasteiger partial charge in [-0.2, -0.15) is 10.5 Å². The first kappa shape index (κ1) is 18.4. The zero-order valence-electron chi connectivity index (χ0n) is 13.9. The topological polar surface area (TPSA) is 72.0 Å². The number of allylic oxidation sites excluding steroid dienone is 2. The SMILES string of the molecule is CC1(c2ccc(Br)cc2)CC(c2ccc(Br)cc2)=NC(C#N)=C(C#N)N1. The molecule has 6 heteroatoms. The van der Waals surface area contributed by atoms with E-state index in [0.717, 1.165) is 25.8 Å². The van der Waals surface area contributed by atoms with E-state index in [2.05, 4.69) is 48.2 Å². The highest BCUT2D eigenvalue weighted by Crippen LogP contribution is 2.32. The first-order chi connectivity index (χ1) is 12.4. The first-order valence-corrected chi connectivity index (χ1v) is 9.46. The van der Waals surface area contributed by atoms with Crippen molar-refractivity contribution in [2.75, 3.05) is 0 Å². The summed E-state index contributed by atoms with van der Waals surface area (Å²) in [5.41, 5.74) is 2.41. The van der Waals surface area contributed by atoms with Gasteiger partial charge in [0, 0.05) is 15.4 Å². The van der Waals surface area contributed by atoms with Crippen LogP contribution in [0.1, 0.15) is 24.5 Å². The predicted octanol–water partition coefficient (Wildman–Crippen LogP) is 5.17. The van der Waals surface area contributed by atoms with Gasteiger partial charge in [-0.05, 0) is 42.3 Å². The van der Waals surface area contributed by atoms with Crippen molar-refractivity contribution in [1.82, 2.24) is 5.32 Å². The Morgan fingerprint density at radius 2 is 1.54 bits per heavy atom. The van der Waals surface area contributed by atoms with E-state index in [4.69, 9.17) is 0 Å². The van der Waals surface area contributed by atoms with Gasteiger partial charge in [0.1, 0.15) is 12.1 Å². The summed E-state index contributed by atoms with van der Waals surface area (Å²) in [4.78, 5) is 4.51. The van der Waals surface area contributed by atoms with Gasteiger partial charge in [-0.3, -0.25) is 0 Å². The summed E-state index contributed by atoms with van der Waals surface area (Å²) in [6.45, 7) is 2.02. The molecule has 2 aromatic rings. The van der Waals surface area contributed by atoms with Crippen molar-refractivity contribution in [3.63, 3.8) is 0 Å². The smallest absolute Gasteiger partial charge is 0.174 e. The fourth-order valence-electron chi connectivity index (χ4n) is 2.91. The van der Waals surface area contributed by atoms with E-state index in [1.807, 2.05) is 61.5 Å². The molecule has 0 aliphatic carbocycles. The Bertz CT molecular complexity index is 976. The molecule has 1 atom stereocenters. The minimum atomic E-state index is -0.573. The van der Waals surface area contributed by atoms with Crippen LogP contribution in [0.2, 0.25) is 0 Å². The van der Waals surface area contributed by atoms with Crippen molar-refractivity contribution in [1.29, 1.82) is 10.5 Å². The molecule has 0 saturated carbocycles. The second-order valence-corrected chi connectivity index (χ2v) is 7.98. The summed E-state index contributed by atoms with van der Waals surface area (Å²) >= 11 is 6.89. The molecule has 1 heterocycles. The highest BCUT2D eigenvalue weighted by molar-refractivity contribution is 9.10. The molecule has 0 aromatic heterocycles. The van der Waals surface area contributed by atoms with Crippen LogP contribution in [0.3, 0.4) is 0 Å². The largest absolute Gasteiger partial charge is 0.364 e. The Morgan fingerprint density at radius 3 is 2.08 bits per heavy atom. The third-order valence-electron chi connectivity index (χ3n) is 4.28. The van der Waals surface area contributed by atoms with Crippen molar-refractivity contribution in [2.24, 2.45) is 4.99 Å². The van der Waals surface area contributed by atoms with Crippen LogP contribution in [0.15, 0.2) is 73.9 Å². The Kier molecular flexibility index (Phi) is 5.27. The summed E-state index contributed by atoms with van der Waals surface area (Å²) in [5.74, 6) is 0. The number of hydrogen-bond donors (Lipinski definition) is 1. The predicted molar refractivity (Wildman–Crippen MR) is 108 cm³/mol. The van der Waals surface area contributed by atoms with Crippen LogP contribution in [-0.2, 0) is 5.54 Å². The Balaban J connectivity index is 2.15. The van der Waals surface area contributed by atoms with E-state index in [1.165, 1.54) is 0 Å². The molecule has 0 radical (unpaired) electrons. The molecule has 0 spiro atoms. The lowest BCUT2D eigenvalue weighted by Gasteiger charge is -2.31. The van der Waals surface area contributed by atoms with Crippen molar-refractivity contribution in [3.8, 4) is 12.1 Å². The number of benzene rings is 2. The van der Waals surface area contributed by atoms with Gasteiger partial charge in [0.2, 0.25) is 0 Å². The van der Waals surface area contributed by atoms with E-state index < -0.39 is 5.54 Å². The molecule has 0 bridgehead atoms. The Morgan fingerprint density at radius 1 is 0.962 bits per heavy atom. The van der Waals surface area contributed by atoms with Crippen molar-refractivity contribution >= 4 is 37.6 Å². The van der Waals surface area contributed by atoms with Crippen molar-refractivity contribution in [3.05, 3.63) is 80.0 Å². The molecule has 4 nitrogen and oxygen atoms in total. The van der Waals surface area contributed by atoms with E-state index in [1.54, 1.807) is 0 Å². The van der Waals surface area contributed by atoms with Crippen LogP contribution in [0, 0.1) is 22.7 Å². The zero-order valence-corrected chi connectivity index (χ0v) is 17.1. The molecule has 1 aliphatic rings. The number of nitrogens with one attached hydrogen (secondary N) is 1. The van der Waals surface area contributed by atoms with Crippen LogP contribution in [0.4, 0.5) is 0 Å². The minimum Gasteiger partial charge on any atom is -0.364 e. The van der Waals surface area contributed by atoms with Gasteiger partial charge >= 0.3 is 0 Å². The van der Waals surface area contributed by atoms with Crippen LogP contribution < -0.4 is 5.32 Å². The quantitative estimate of drug-likeness (QED) is 0.659. The molecule has 1 N–H and O–H groups in total. The van der Waals surface area contributed by atoms with Crippen LogP contribution in [0.5, 0.6) is 0 Å². The standard InChI is InChI=1S/C20H14Br2N4/c1-20(14-4-8-16(22)9-5-14)10-17(13-2-6-15(21)7-3-13)25-18(11-23)19(12-24)26-20/h2-9,26H,10H2,1H3. The second-order valence-electron chi connectivity index (χ2n) is 6.15. The van der Waals surface area contributed by atoms with Gasteiger partial charge in [0.05, 0.1) is 11.3 Å². The molecule has 26 heavy (non-hydrogen) atoms. The molecule has 0 amide bonds. The molecule has 3 rings (SSSR count). The fraction of sp³-hybridized carbons (Fsp3) is 0.150. The van der Waals surface area contributed by atoms with Gasteiger partial charge < -0.3 is 5.32 Å². The fourth-order valence-corrected chi connectivity index (χ4v) is 3.44. The molecule has 128 valence electrons. The number of hydrogen-bond acceptors (Lipinski definition) is 4. The summed E-state index contributed by atoms with van der Waals surface area (Å²) in [7, 11) is 0. The maximum Gasteiger partial charge on any atom is 0.174 e. The van der Waals surface area contributed by atoms with Gasteiger partial charge in [0.25, 0.3) is 0 Å². The monoisotopic (exact) mass is 468 g/mol. The summed E-state index contributed by atoms with van der Waals surface area (Å²) < 4.78 is 1.95. The van der Waals surface area contributed by atoms with Crippen LogP contribution in [0.25, 0.3) is 0 Å². The Hall–Kier alpha value is -2.41. The summed E-state index contributed by atoms with van der Waals surface area (Å²) in [5, 5.41) is 22.3. The van der Waals surface area contributed by atoms with Gasteiger partial charge in [-0.1, -0.05) is 56.1 Å². The number of halogens is 2. The number of nitrogens with zero attached hydrogens (tertiary/aromatic N) is 3. The molecule has 1 unspecified atom stereocenters. The molecule has 0 fully saturated rings. The lowest BCUT2D eigenvalue weighted by atomic mass is 9.85. The number of aliphatic imine (C=N–C) groups is 1. The highest BCUT2D eigenvalue weighted by Gasteiger charge is 2.33. The van der Waals surface area contributed by atoms with Crippen molar-refractivity contribution in [2.45, 2.75) is 18.9 Å². The average Bonchev–Trinajstić information content (AvgIpc) is 2.79. The van der Waals surface area contributed by atoms with E-state index in [0.29, 0.717) is 6.42 Å². The maximum atomic E-state index is 9.53. The van der Waals surface area contributed by atoms with Crippen LogP contribution >= 0.6 is 31.9 Å². The summed E-state index contributed by atoms with van der Waals surface area (Å²) in [6.07, 6.45) is 0.534. The molecular formula is C20H14Br2N4. The first-order valence-electron chi connectivity index (χ1n) is 7.87. The van der Waals surface area contributed by atoms with E-state index in [9.17, 15) is 10.5 Å². The number of rotatable bonds is 2. The minimum absolute atomic E-state index is 0.103. The maximum absolute atomic E-state index is 9.53. The van der Waals surface area contributed by atoms with Crippen LogP contribution in [-0.4, -0.2) is 5.71 Å². The molecule has 1 aliphatic heterocycles. The number of nitriles is 2. The van der Waals surface area contributed by atoms with Gasteiger partial charge in [0.15, 0.2) is 11.4 Å². The molecular weight excluding hydrogens is 456 g/mol. The average molecular weight is 470 g/mol. The third kappa shape index (κ3) is 3.72. The van der Waals surface area contributed by atoms with E-state index in [-0.39, 0.29) is 11.4 Å². The van der Waals surface area contributed by atoms with Gasteiger partial charge in [-0.15, -0.1) is 0 Å². The van der Waals surface area contributed by atoms with E-state index >= 15 is 0 Å². The second kappa shape index (κ2) is 7.45. The zero-order chi connectivity index (χ0) is 18.7. The molecule has 2 aromatic carbocycles. The normalized spacial score (nSPS) is 19.7. The molecule has 0 saturated heterocycles. The Labute approximate surface area is 169 Å². The lowest BCUT2D eigenvalue weighted by Crippen LogP contribution is -2.40.